The van der Waals surface area contributed by atoms with E-state index in [0.717, 1.165) is 10.9 Å². The van der Waals surface area contributed by atoms with Crippen LogP contribution in [0.25, 0.3) is 10.9 Å². The van der Waals surface area contributed by atoms with Crippen LogP contribution in [-0.4, -0.2) is 40.3 Å². The summed E-state index contributed by atoms with van der Waals surface area (Å²) < 4.78 is 0. The van der Waals surface area contributed by atoms with Gasteiger partial charge in [0.2, 0.25) is 5.91 Å². The molecule has 1 aliphatic heterocycles. The van der Waals surface area contributed by atoms with Gasteiger partial charge >= 0.3 is 0 Å². The number of aromatic amines is 1. The van der Waals surface area contributed by atoms with E-state index in [1.807, 2.05) is 6.07 Å². The van der Waals surface area contributed by atoms with Gasteiger partial charge in [-0.05, 0) is 32.0 Å². The van der Waals surface area contributed by atoms with E-state index in [1.165, 1.54) is 0 Å². The van der Waals surface area contributed by atoms with Crippen LogP contribution in [0.4, 0.5) is 5.69 Å². The maximum absolute atomic E-state index is 12.8. The number of hydrogen-bond acceptors (Lipinski definition) is 3. The molecule has 3 rings (SSSR count). The topological polar surface area (TPSA) is 91.2 Å². The average molecular weight is 286 g/mol. The van der Waals surface area contributed by atoms with E-state index < -0.39 is 5.54 Å². The molecular weight excluding hydrogens is 268 g/mol. The monoisotopic (exact) mass is 286 g/mol. The Kier molecular flexibility index (Phi) is 2.90. The van der Waals surface area contributed by atoms with Crippen molar-refractivity contribution in [3.05, 3.63) is 30.0 Å². The molecule has 2 heterocycles. The lowest BCUT2D eigenvalue weighted by molar-refractivity contribution is -0.133. The fraction of sp³-hybridized carbons (Fsp3) is 0.333. The lowest BCUT2D eigenvalue weighted by Gasteiger charge is -2.41. The Bertz CT molecular complexity index is 732. The average Bonchev–Trinajstić information content (AvgIpc) is 2.84. The molecule has 6 nitrogen and oxygen atoms in total. The van der Waals surface area contributed by atoms with Gasteiger partial charge in [-0.25, -0.2) is 0 Å². The first-order valence-electron chi connectivity index (χ1n) is 6.88. The van der Waals surface area contributed by atoms with Crippen LogP contribution in [0.15, 0.2) is 24.4 Å². The maximum Gasteiger partial charge on any atom is 0.256 e. The number of carbonyl (C=O) groups excluding carboxylic acids is 2. The Morgan fingerprint density at radius 2 is 2.14 bits per heavy atom. The Hall–Kier alpha value is -2.50. The third-order valence-corrected chi connectivity index (χ3v) is 4.03. The quantitative estimate of drug-likeness (QED) is 0.686. The first-order chi connectivity index (χ1) is 9.91. The molecule has 2 amide bonds. The first-order valence-corrected chi connectivity index (χ1v) is 6.88. The first kappa shape index (κ1) is 13.5. The van der Waals surface area contributed by atoms with Gasteiger partial charge in [0, 0.05) is 35.9 Å². The molecule has 1 aliphatic rings. The van der Waals surface area contributed by atoms with E-state index in [0.29, 0.717) is 24.3 Å². The Labute approximate surface area is 122 Å². The molecule has 0 aliphatic carbocycles. The molecule has 0 atom stereocenters. The molecule has 6 heteroatoms. The summed E-state index contributed by atoms with van der Waals surface area (Å²) in [5, 5.41) is 3.61. The largest absolute Gasteiger partial charge is 0.399 e. The number of H-pyrrole nitrogens is 1. The molecule has 1 saturated heterocycles. The zero-order valence-corrected chi connectivity index (χ0v) is 12.1. The number of rotatable bonds is 1. The van der Waals surface area contributed by atoms with Gasteiger partial charge < -0.3 is 20.9 Å². The molecule has 0 radical (unpaired) electrons. The van der Waals surface area contributed by atoms with Crippen LogP contribution in [0.3, 0.4) is 0 Å². The molecule has 0 bridgehead atoms. The molecule has 4 N–H and O–H groups in total. The van der Waals surface area contributed by atoms with E-state index in [4.69, 9.17) is 5.73 Å². The minimum Gasteiger partial charge on any atom is -0.399 e. The smallest absolute Gasteiger partial charge is 0.256 e. The van der Waals surface area contributed by atoms with E-state index >= 15 is 0 Å². The third kappa shape index (κ3) is 2.03. The maximum atomic E-state index is 12.8. The highest BCUT2D eigenvalue weighted by atomic mass is 16.2. The lowest BCUT2D eigenvalue weighted by atomic mass is 9.97. The number of aromatic nitrogens is 1. The van der Waals surface area contributed by atoms with Crippen molar-refractivity contribution in [2.45, 2.75) is 19.4 Å². The molecule has 2 aromatic rings. The van der Waals surface area contributed by atoms with Gasteiger partial charge in [-0.1, -0.05) is 0 Å². The number of amides is 2. The number of piperazine rings is 1. The highest BCUT2D eigenvalue weighted by Crippen LogP contribution is 2.26. The van der Waals surface area contributed by atoms with Crippen LogP contribution in [0.5, 0.6) is 0 Å². The van der Waals surface area contributed by atoms with E-state index in [2.05, 4.69) is 10.3 Å². The van der Waals surface area contributed by atoms with Gasteiger partial charge in [-0.15, -0.1) is 0 Å². The van der Waals surface area contributed by atoms with Crippen LogP contribution in [0.2, 0.25) is 0 Å². The molecule has 110 valence electrons. The van der Waals surface area contributed by atoms with Crippen molar-refractivity contribution >= 4 is 28.4 Å². The van der Waals surface area contributed by atoms with Crippen molar-refractivity contribution < 1.29 is 9.59 Å². The van der Waals surface area contributed by atoms with Crippen molar-refractivity contribution in [1.82, 2.24) is 15.2 Å². The molecule has 0 spiro atoms. The fourth-order valence-corrected chi connectivity index (χ4v) is 2.72. The van der Waals surface area contributed by atoms with E-state index in [-0.39, 0.29) is 11.8 Å². The standard InChI is InChI=1S/C15H18N4O2/c1-15(2)14(21)17-5-6-19(15)13(20)11-8-18-12-7-9(16)3-4-10(11)12/h3-4,7-8,18H,5-6,16H2,1-2H3,(H,17,21). The summed E-state index contributed by atoms with van der Waals surface area (Å²) in [5.74, 6) is -0.281. The number of fused-ring (bicyclic) bond motifs is 1. The molecular formula is C15H18N4O2. The van der Waals surface area contributed by atoms with Crippen molar-refractivity contribution in [2.75, 3.05) is 18.8 Å². The van der Waals surface area contributed by atoms with Gasteiger partial charge in [0.1, 0.15) is 5.54 Å². The Morgan fingerprint density at radius 3 is 2.90 bits per heavy atom. The second-order valence-electron chi connectivity index (χ2n) is 5.78. The predicted molar refractivity (Wildman–Crippen MR) is 80.8 cm³/mol. The summed E-state index contributed by atoms with van der Waals surface area (Å²) in [7, 11) is 0. The molecule has 1 aromatic heterocycles. The second-order valence-corrected chi connectivity index (χ2v) is 5.78. The summed E-state index contributed by atoms with van der Waals surface area (Å²) in [6.45, 7) is 4.49. The molecule has 0 unspecified atom stereocenters. The summed E-state index contributed by atoms with van der Waals surface area (Å²) in [6.07, 6.45) is 1.68. The summed E-state index contributed by atoms with van der Waals surface area (Å²) in [4.78, 5) is 29.5. The van der Waals surface area contributed by atoms with Crippen LogP contribution in [-0.2, 0) is 4.79 Å². The lowest BCUT2D eigenvalue weighted by Crippen LogP contribution is -2.63. The summed E-state index contributed by atoms with van der Waals surface area (Å²) >= 11 is 0. The highest BCUT2D eigenvalue weighted by molar-refractivity contribution is 6.09. The van der Waals surface area contributed by atoms with Gasteiger partial charge in [-0.2, -0.15) is 0 Å². The normalized spacial score (nSPS) is 17.8. The van der Waals surface area contributed by atoms with E-state index in [1.54, 1.807) is 37.1 Å². The van der Waals surface area contributed by atoms with Crippen molar-refractivity contribution in [3.8, 4) is 0 Å². The van der Waals surface area contributed by atoms with Crippen LogP contribution in [0, 0.1) is 0 Å². The minimum absolute atomic E-state index is 0.133. The van der Waals surface area contributed by atoms with Gasteiger partial charge in [0.05, 0.1) is 5.56 Å². The van der Waals surface area contributed by atoms with E-state index in [9.17, 15) is 9.59 Å². The highest BCUT2D eigenvalue weighted by Gasteiger charge is 2.41. The van der Waals surface area contributed by atoms with Crippen molar-refractivity contribution in [1.29, 1.82) is 0 Å². The molecule has 0 saturated carbocycles. The number of benzene rings is 1. The number of hydrogen-bond donors (Lipinski definition) is 3. The van der Waals surface area contributed by atoms with Gasteiger partial charge in [-0.3, -0.25) is 9.59 Å². The van der Waals surface area contributed by atoms with Crippen molar-refractivity contribution in [2.24, 2.45) is 0 Å². The predicted octanol–water partition coefficient (Wildman–Crippen LogP) is 1.10. The number of anilines is 1. The number of nitrogen functional groups attached to an aromatic ring is 1. The molecule has 21 heavy (non-hydrogen) atoms. The van der Waals surface area contributed by atoms with Gasteiger partial charge in [0.15, 0.2) is 0 Å². The van der Waals surface area contributed by atoms with Crippen LogP contribution in [0.1, 0.15) is 24.2 Å². The number of nitrogens with one attached hydrogen (secondary N) is 2. The number of nitrogens with zero attached hydrogens (tertiary/aromatic N) is 1. The zero-order valence-electron chi connectivity index (χ0n) is 12.1. The Balaban J connectivity index is 2.02. The van der Waals surface area contributed by atoms with Crippen LogP contribution >= 0.6 is 0 Å². The van der Waals surface area contributed by atoms with Crippen molar-refractivity contribution in [3.63, 3.8) is 0 Å². The second kappa shape index (κ2) is 4.51. The Morgan fingerprint density at radius 1 is 1.38 bits per heavy atom. The fourth-order valence-electron chi connectivity index (χ4n) is 2.72. The number of nitrogens with two attached hydrogens (primary N) is 1. The van der Waals surface area contributed by atoms with Crippen LogP contribution < -0.4 is 11.1 Å². The SMILES string of the molecule is CC1(C)C(=O)NCCN1C(=O)c1c[nH]c2cc(N)ccc12. The summed E-state index contributed by atoms with van der Waals surface area (Å²) in [6, 6.07) is 5.38. The third-order valence-electron chi connectivity index (χ3n) is 4.03. The zero-order chi connectivity index (χ0) is 15.2. The minimum atomic E-state index is -0.854. The molecule has 1 aromatic carbocycles. The molecule has 1 fully saturated rings. The number of carbonyl (C=O) groups is 2. The van der Waals surface area contributed by atoms with Gasteiger partial charge in [0.25, 0.3) is 5.91 Å². The summed E-state index contributed by atoms with van der Waals surface area (Å²) in [5.41, 5.74) is 6.91.